The Morgan fingerprint density at radius 2 is 2.05 bits per heavy atom. The van der Waals surface area contributed by atoms with Crippen molar-refractivity contribution in [2.75, 3.05) is 0 Å². The number of nitrogens with zero attached hydrogens (tertiary/aromatic N) is 2. The minimum atomic E-state index is -0.0206. The number of aryl methyl sites for hydroxylation is 3. The zero-order valence-corrected chi connectivity index (χ0v) is 11.6. The summed E-state index contributed by atoms with van der Waals surface area (Å²) in [5, 5.41) is 7.19. The van der Waals surface area contributed by atoms with Gasteiger partial charge in [0.25, 0.3) is 0 Å². The van der Waals surface area contributed by atoms with Gasteiger partial charge in [-0.3, -0.25) is 9.48 Å². The maximum absolute atomic E-state index is 11.9. The number of amides is 1. The largest absolute Gasteiger partial charge is 0.350 e. The van der Waals surface area contributed by atoms with Gasteiger partial charge >= 0.3 is 0 Å². The number of carbonyl (C=O) groups is 1. The van der Waals surface area contributed by atoms with E-state index >= 15 is 0 Å². The summed E-state index contributed by atoms with van der Waals surface area (Å²) in [7, 11) is 0. The summed E-state index contributed by atoms with van der Waals surface area (Å²) in [6, 6.07) is 10.1. The van der Waals surface area contributed by atoms with Crippen LogP contribution in [0.4, 0.5) is 0 Å². The lowest BCUT2D eigenvalue weighted by Gasteiger charge is -2.07. The van der Waals surface area contributed by atoms with E-state index in [1.54, 1.807) is 4.68 Å². The highest BCUT2D eigenvalue weighted by Crippen LogP contribution is 2.04. The molecule has 2 rings (SSSR count). The second-order valence-corrected chi connectivity index (χ2v) is 4.85. The van der Waals surface area contributed by atoms with Gasteiger partial charge < -0.3 is 5.32 Å². The van der Waals surface area contributed by atoms with Gasteiger partial charge in [0, 0.05) is 12.2 Å². The van der Waals surface area contributed by atoms with Crippen molar-refractivity contribution in [2.45, 2.75) is 33.9 Å². The van der Waals surface area contributed by atoms with Crippen LogP contribution in [0.25, 0.3) is 0 Å². The van der Waals surface area contributed by atoms with Crippen LogP contribution in [-0.4, -0.2) is 15.7 Å². The SMILES string of the molecule is Cc1cccc(CNC(=O)Cn2nc(C)cc2C)c1. The Labute approximate surface area is 113 Å². The van der Waals surface area contributed by atoms with Gasteiger partial charge in [0.1, 0.15) is 6.54 Å². The number of nitrogens with one attached hydrogen (secondary N) is 1. The molecule has 0 saturated heterocycles. The highest BCUT2D eigenvalue weighted by Gasteiger charge is 2.06. The normalized spacial score (nSPS) is 10.5. The van der Waals surface area contributed by atoms with Crippen LogP contribution >= 0.6 is 0 Å². The van der Waals surface area contributed by atoms with E-state index in [1.165, 1.54) is 5.56 Å². The van der Waals surface area contributed by atoms with Crippen LogP contribution in [0.2, 0.25) is 0 Å². The van der Waals surface area contributed by atoms with E-state index in [9.17, 15) is 4.79 Å². The van der Waals surface area contributed by atoms with Gasteiger partial charge in [-0.25, -0.2) is 0 Å². The lowest BCUT2D eigenvalue weighted by atomic mass is 10.1. The van der Waals surface area contributed by atoms with Crippen LogP contribution in [0.1, 0.15) is 22.5 Å². The van der Waals surface area contributed by atoms with Crippen LogP contribution in [0.15, 0.2) is 30.3 Å². The third kappa shape index (κ3) is 3.68. The lowest BCUT2D eigenvalue weighted by Crippen LogP contribution is -2.28. The van der Waals surface area contributed by atoms with Crippen LogP contribution in [-0.2, 0) is 17.9 Å². The molecule has 0 radical (unpaired) electrons. The van der Waals surface area contributed by atoms with E-state index in [1.807, 2.05) is 45.0 Å². The number of aromatic nitrogens is 2. The Bertz CT molecular complexity index is 587. The van der Waals surface area contributed by atoms with Crippen molar-refractivity contribution in [1.29, 1.82) is 0 Å². The summed E-state index contributed by atoms with van der Waals surface area (Å²) >= 11 is 0. The first kappa shape index (κ1) is 13.3. The minimum Gasteiger partial charge on any atom is -0.350 e. The lowest BCUT2D eigenvalue weighted by molar-refractivity contribution is -0.122. The molecule has 1 aromatic carbocycles. The van der Waals surface area contributed by atoms with Gasteiger partial charge in [0.2, 0.25) is 5.91 Å². The molecule has 100 valence electrons. The summed E-state index contributed by atoms with van der Waals surface area (Å²) in [5.41, 5.74) is 4.25. The molecule has 4 heteroatoms. The minimum absolute atomic E-state index is 0.0206. The first-order valence-corrected chi connectivity index (χ1v) is 6.38. The fraction of sp³-hybridized carbons (Fsp3) is 0.333. The van der Waals surface area contributed by atoms with E-state index in [0.717, 1.165) is 17.0 Å². The van der Waals surface area contributed by atoms with Crippen molar-refractivity contribution in [1.82, 2.24) is 15.1 Å². The van der Waals surface area contributed by atoms with E-state index in [0.29, 0.717) is 6.54 Å². The Morgan fingerprint density at radius 3 is 2.68 bits per heavy atom. The van der Waals surface area contributed by atoms with Gasteiger partial charge in [-0.15, -0.1) is 0 Å². The predicted molar refractivity (Wildman–Crippen MR) is 74.7 cm³/mol. The van der Waals surface area contributed by atoms with Crippen LogP contribution in [0.5, 0.6) is 0 Å². The summed E-state index contributed by atoms with van der Waals surface area (Å²) in [4.78, 5) is 11.9. The second-order valence-electron chi connectivity index (χ2n) is 4.85. The molecule has 0 fully saturated rings. The molecule has 0 saturated carbocycles. The Kier molecular flexibility index (Phi) is 4.00. The van der Waals surface area contributed by atoms with Gasteiger partial charge in [0.15, 0.2) is 0 Å². The topological polar surface area (TPSA) is 46.9 Å². The molecular weight excluding hydrogens is 238 g/mol. The molecule has 0 aliphatic rings. The van der Waals surface area contributed by atoms with E-state index in [4.69, 9.17) is 0 Å². The molecule has 1 aromatic heterocycles. The van der Waals surface area contributed by atoms with E-state index < -0.39 is 0 Å². The third-order valence-electron chi connectivity index (χ3n) is 2.97. The summed E-state index contributed by atoms with van der Waals surface area (Å²) < 4.78 is 1.72. The van der Waals surface area contributed by atoms with Crippen molar-refractivity contribution in [3.8, 4) is 0 Å². The second kappa shape index (κ2) is 5.69. The Balaban J connectivity index is 1.90. The van der Waals surface area contributed by atoms with Crippen molar-refractivity contribution in [2.24, 2.45) is 0 Å². The van der Waals surface area contributed by atoms with E-state index in [-0.39, 0.29) is 12.5 Å². The first-order chi connectivity index (χ1) is 9.04. The molecule has 0 spiro atoms. The number of hydrogen-bond donors (Lipinski definition) is 1. The number of carbonyl (C=O) groups excluding carboxylic acids is 1. The summed E-state index contributed by atoms with van der Waals surface area (Å²) in [6.07, 6.45) is 0. The number of rotatable bonds is 4. The van der Waals surface area contributed by atoms with Gasteiger partial charge in [-0.1, -0.05) is 29.8 Å². The number of benzene rings is 1. The zero-order valence-electron chi connectivity index (χ0n) is 11.6. The molecule has 19 heavy (non-hydrogen) atoms. The molecule has 2 aromatic rings. The molecule has 0 aliphatic carbocycles. The fourth-order valence-electron chi connectivity index (χ4n) is 2.05. The Hall–Kier alpha value is -2.10. The molecule has 1 N–H and O–H groups in total. The highest BCUT2D eigenvalue weighted by atomic mass is 16.2. The van der Waals surface area contributed by atoms with Crippen molar-refractivity contribution in [3.63, 3.8) is 0 Å². The molecule has 0 bridgehead atoms. The van der Waals surface area contributed by atoms with Gasteiger partial charge in [0.05, 0.1) is 5.69 Å². The maximum atomic E-state index is 11.9. The summed E-state index contributed by atoms with van der Waals surface area (Å²) in [6.45, 7) is 6.74. The predicted octanol–water partition coefficient (Wildman–Crippen LogP) is 2.12. The van der Waals surface area contributed by atoms with Crippen LogP contribution < -0.4 is 5.32 Å². The fourth-order valence-corrected chi connectivity index (χ4v) is 2.05. The molecule has 4 nitrogen and oxygen atoms in total. The molecule has 1 heterocycles. The van der Waals surface area contributed by atoms with Crippen molar-refractivity contribution in [3.05, 3.63) is 52.8 Å². The van der Waals surface area contributed by atoms with Crippen LogP contribution in [0.3, 0.4) is 0 Å². The quantitative estimate of drug-likeness (QED) is 0.912. The molecule has 0 unspecified atom stereocenters. The van der Waals surface area contributed by atoms with Crippen LogP contribution in [0, 0.1) is 20.8 Å². The third-order valence-corrected chi connectivity index (χ3v) is 2.97. The van der Waals surface area contributed by atoms with Crippen molar-refractivity contribution < 1.29 is 4.79 Å². The average Bonchev–Trinajstić information content (AvgIpc) is 2.65. The smallest absolute Gasteiger partial charge is 0.242 e. The molecule has 1 amide bonds. The molecule has 0 aliphatic heterocycles. The average molecular weight is 257 g/mol. The standard InChI is InChI=1S/C15H19N3O/c1-11-5-4-6-14(7-11)9-16-15(19)10-18-13(3)8-12(2)17-18/h4-8H,9-10H2,1-3H3,(H,16,19). The van der Waals surface area contributed by atoms with Gasteiger partial charge in [-0.2, -0.15) is 5.10 Å². The highest BCUT2D eigenvalue weighted by molar-refractivity contribution is 5.75. The van der Waals surface area contributed by atoms with Gasteiger partial charge in [-0.05, 0) is 32.4 Å². The maximum Gasteiger partial charge on any atom is 0.242 e. The zero-order chi connectivity index (χ0) is 13.8. The molecular formula is C15H19N3O. The monoisotopic (exact) mass is 257 g/mol. The number of hydrogen-bond acceptors (Lipinski definition) is 2. The van der Waals surface area contributed by atoms with E-state index in [2.05, 4.69) is 16.5 Å². The first-order valence-electron chi connectivity index (χ1n) is 6.38. The Morgan fingerprint density at radius 1 is 1.26 bits per heavy atom. The summed E-state index contributed by atoms with van der Waals surface area (Å²) in [5.74, 6) is -0.0206. The van der Waals surface area contributed by atoms with Crippen molar-refractivity contribution >= 4 is 5.91 Å². The molecule has 0 atom stereocenters.